The highest BCUT2D eigenvalue weighted by Gasteiger charge is 2.19. The summed E-state index contributed by atoms with van der Waals surface area (Å²) in [5.74, 6) is -2.45. The van der Waals surface area contributed by atoms with E-state index in [-0.39, 0.29) is 23.8 Å². The Labute approximate surface area is 147 Å². The van der Waals surface area contributed by atoms with Gasteiger partial charge >= 0.3 is 5.97 Å². The number of rotatable bonds is 7. The monoisotopic (exact) mass is 380 g/mol. The Morgan fingerprint density at radius 3 is 2.54 bits per heavy atom. The van der Waals surface area contributed by atoms with Gasteiger partial charge in [0.25, 0.3) is 0 Å². The van der Waals surface area contributed by atoms with E-state index in [0.29, 0.717) is 6.42 Å². The standard InChI is InChI=1S/C15H21FN2O4S.ClH/c16-14-6-5-12(11-13(14)15(19)20)23(21,22)17-7-4-10-18-8-2-1-3-9-18;/h5-6,11,17H,1-4,7-10H2,(H,19,20);1H. The van der Waals surface area contributed by atoms with Crippen LogP contribution in [0.1, 0.15) is 36.0 Å². The lowest BCUT2D eigenvalue weighted by Gasteiger charge is -2.26. The van der Waals surface area contributed by atoms with Crippen molar-refractivity contribution in [2.75, 3.05) is 26.2 Å². The van der Waals surface area contributed by atoms with Gasteiger partial charge in [-0.05, 0) is 57.1 Å². The largest absolute Gasteiger partial charge is 0.478 e. The molecule has 1 aromatic rings. The molecule has 136 valence electrons. The molecule has 2 N–H and O–H groups in total. The first-order chi connectivity index (χ1) is 10.9. The third kappa shape index (κ3) is 5.70. The van der Waals surface area contributed by atoms with Crippen molar-refractivity contribution in [2.45, 2.75) is 30.6 Å². The quantitative estimate of drug-likeness (QED) is 0.707. The molecule has 0 saturated carbocycles. The van der Waals surface area contributed by atoms with Gasteiger partial charge in [0.15, 0.2) is 0 Å². The number of halogens is 2. The molecule has 0 unspecified atom stereocenters. The lowest BCUT2D eigenvalue weighted by molar-refractivity contribution is 0.0691. The molecule has 1 fully saturated rings. The van der Waals surface area contributed by atoms with Crippen molar-refractivity contribution in [1.82, 2.24) is 9.62 Å². The number of nitrogens with zero attached hydrogens (tertiary/aromatic N) is 1. The van der Waals surface area contributed by atoms with Gasteiger partial charge in [0.05, 0.1) is 10.5 Å². The van der Waals surface area contributed by atoms with Gasteiger partial charge in [-0.2, -0.15) is 0 Å². The number of hydrogen-bond donors (Lipinski definition) is 2. The Morgan fingerprint density at radius 2 is 1.92 bits per heavy atom. The molecule has 1 saturated heterocycles. The molecule has 1 heterocycles. The second kappa shape index (κ2) is 9.31. The van der Waals surface area contributed by atoms with Crippen molar-refractivity contribution in [3.05, 3.63) is 29.6 Å². The SMILES string of the molecule is Cl.O=C(O)c1cc(S(=O)(=O)NCCCN2CCCCC2)ccc1F. The van der Waals surface area contributed by atoms with Gasteiger partial charge in [0.2, 0.25) is 10.0 Å². The highest BCUT2D eigenvalue weighted by Crippen LogP contribution is 2.15. The van der Waals surface area contributed by atoms with Crippen LogP contribution in [-0.2, 0) is 10.0 Å². The van der Waals surface area contributed by atoms with Crippen LogP contribution < -0.4 is 4.72 Å². The Balaban J connectivity index is 0.00000288. The molecular weight excluding hydrogens is 359 g/mol. The summed E-state index contributed by atoms with van der Waals surface area (Å²) in [6.45, 7) is 3.18. The van der Waals surface area contributed by atoms with Crippen LogP contribution in [0.15, 0.2) is 23.1 Å². The molecule has 9 heteroatoms. The molecule has 24 heavy (non-hydrogen) atoms. The minimum atomic E-state index is -3.83. The van der Waals surface area contributed by atoms with Crippen LogP contribution in [0.5, 0.6) is 0 Å². The van der Waals surface area contributed by atoms with E-state index in [1.807, 2.05) is 0 Å². The number of aromatic carboxylic acids is 1. The first kappa shape index (κ1) is 20.8. The van der Waals surface area contributed by atoms with Crippen molar-refractivity contribution in [2.24, 2.45) is 0 Å². The minimum absolute atomic E-state index is 0. The number of carboxylic acid groups (broad SMARTS) is 1. The van der Waals surface area contributed by atoms with Crippen LogP contribution in [0.4, 0.5) is 4.39 Å². The average Bonchev–Trinajstić information content (AvgIpc) is 2.52. The molecule has 1 aliphatic heterocycles. The summed E-state index contributed by atoms with van der Waals surface area (Å²) in [6.07, 6.45) is 4.28. The van der Waals surface area contributed by atoms with Gasteiger partial charge < -0.3 is 10.0 Å². The van der Waals surface area contributed by atoms with E-state index in [2.05, 4.69) is 9.62 Å². The summed E-state index contributed by atoms with van der Waals surface area (Å²) in [5, 5.41) is 8.85. The maximum absolute atomic E-state index is 13.3. The molecular formula is C15H22ClFN2O4S. The molecule has 6 nitrogen and oxygen atoms in total. The minimum Gasteiger partial charge on any atom is -0.478 e. The molecule has 0 amide bonds. The summed E-state index contributed by atoms with van der Waals surface area (Å²) in [5.41, 5.74) is -0.652. The summed E-state index contributed by atoms with van der Waals surface area (Å²) in [7, 11) is -3.83. The van der Waals surface area contributed by atoms with Crippen LogP contribution in [0, 0.1) is 5.82 Å². The first-order valence-corrected chi connectivity index (χ1v) is 9.13. The number of likely N-dealkylation sites (tertiary alicyclic amines) is 1. The predicted octanol–water partition coefficient (Wildman–Crippen LogP) is 2.10. The van der Waals surface area contributed by atoms with Crippen LogP contribution in [-0.4, -0.2) is 50.6 Å². The molecule has 1 aliphatic rings. The van der Waals surface area contributed by atoms with Gasteiger partial charge in [-0.3, -0.25) is 0 Å². The fourth-order valence-corrected chi connectivity index (χ4v) is 3.71. The number of carboxylic acids is 1. The summed E-state index contributed by atoms with van der Waals surface area (Å²) in [4.78, 5) is 12.9. The van der Waals surface area contributed by atoms with E-state index in [1.54, 1.807) is 0 Å². The van der Waals surface area contributed by atoms with Crippen LogP contribution >= 0.6 is 12.4 Å². The van der Waals surface area contributed by atoms with E-state index >= 15 is 0 Å². The number of sulfonamides is 1. The highest BCUT2D eigenvalue weighted by molar-refractivity contribution is 7.89. The molecule has 0 bridgehead atoms. The van der Waals surface area contributed by atoms with Crippen LogP contribution in [0.3, 0.4) is 0 Å². The van der Waals surface area contributed by atoms with E-state index in [4.69, 9.17) is 5.11 Å². The zero-order valence-corrected chi connectivity index (χ0v) is 14.8. The van der Waals surface area contributed by atoms with Gasteiger partial charge in [0.1, 0.15) is 5.82 Å². The second-order valence-corrected chi connectivity index (χ2v) is 7.37. The zero-order valence-electron chi connectivity index (χ0n) is 13.2. The Kier molecular flexibility index (Phi) is 8.08. The van der Waals surface area contributed by atoms with Crippen molar-refractivity contribution in [3.63, 3.8) is 0 Å². The topological polar surface area (TPSA) is 86.7 Å². The maximum Gasteiger partial charge on any atom is 0.338 e. The van der Waals surface area contributed by atoms with Gasteiger partial charge in [-0.1, -0.05) is 6.42 Å². The van der Waals surface area contributed by atoms with Crippen molar-refractivity contribution in [1.29, 1.82) is 0 Å². The zero-order chi connectivity index (χ0) is 16.9. The van der Waals surface area contributed by atoms with Gasteiger partial charge in [-0.15, -0.1) is 12.4 Å². The van der Waals surface area contributed by atoms with E-state index in [9.17, 15) is 17.6 Å². The third-order valence-electron chi connectivity index (χ3n) is 3.87. The summed E-state index contributed by atoms with van der Waals surface area (Å²) in [6, 6.07) is 2.76. The van der Waals surface area contributed by atoms with Crippen LogP contribution in [0.2, 0.25) is 0 Å². The fraction of sp³-hybridized carbons (Fsp3) is 0.533. The number of benzene rings is 1. The summed E-state index contributed by atoms with van der Waals surface area (Å²) < 4.78 is 40.0. The summed E-state index contributed by atoms with van der Waals surface area (Å²) >= 11 is 0. The van der Waals surface area contributed by atoms with Crippen LogP contribution in [0.25, 0.3) is 0 Å². The molecule has 2 rings (SSSR count). The maximum atomic E-state index is 13.3. The molecule has 0 aromatic heterocycles. The Hall–Kier alpha value is -1.22. The molecule has 0 spiro atoms. The number of carbonyl (C=O) groups is 1. The Morgan fingerprint density at radius 1 is 1.25 bits per heavy atom. The molecule has 0 aliphatic carbocycles. The first-order valence-electron chi connectivity index (χ1n) is 7.65. The van der Waals surface area contributed by atoms with Crippen molar-refractivity contribution < 1.29 is 22.7 Å². The molecule has 0 radical (unpaired) electrons. The lowest BCUT2D eigenvalue weighted by atomic mass is 10.1. The smallest absolute Gasteiger partial charge is 0.338 e. The lowest BCUT2D eigenvalue weighted by Crippen LogP contribution is -2.33. The third-order valence-corrected chi connectivity index (χ3v) is 5.33. The van der Waals surface area contributed by atoms with E-state index in [1.165, 1.54) is 19.3 Å². The van der Waals surface area contributed by atoms with Gasteiger partial charge in [-0.25, -0.2) is 22.3 Å². The average molecular weight is 381 g/mol. The van der Waals surface area contributed by atoms with Crippen molar-refractivity contribution in [3.8, 4) is 0 Å². The Bertz CT molecular complexity index is 663. The van der Waals surface area contributed by atoms with Crippen molar-refractivity contribution >= 4 is 28.4 Å². The predicted molar refractivity (Wildman–Crippen MR) is 90.7 cm³/mol. The van der Waals surface area contributed by atoms with Gasteiger partial charge in [0, 0.05) is 6.54 Å². The molecule has 1 aromatic carbocycles. The number of nitrogens with one attached hydrogen (secondary N) is 1. The number of hydrogen-bond acceptors (Lipinski definition) is 4. The number of piperidine rings is 1. The van der Waals surface area contributed by atoms with E-state index in [0.717, 1.165) is 37.8 Å². The molecule has 0 atom stereocenters. The normalized spacial score (nSPS) is 15.7. The second-order valence-electron chi connectivity index (χ2n) is 5.60. The highest BCUT2D eigenvalue weighted by atomic mass is 35.5. The van der Waals surface area contributed by atoms with E-state index < -0.39 is 27.4 Å². The fourth-order valence-electron chi connectivity index (χ4n) is 2.61.